The Bertz CT molecular complexity index is 756. The van der Waals surface area contributed by atoms with Crippen molar-refractivity contribution in [2.24, 2.45) is 0 Å². The van der Waals surface area contributed by atoms with Crippen molar-refractivity contribution in [1.82, 2.24) is 10.2 Å². The maximum atomic E-state index is 12.4. The van der Waals surface area contributed by atoms with E-state index in [1.165, 1.54) is 17.0 Å². The lowest BCUT2D eigenvalue weighted by molar-refractivity contribution is -0.384. The highest BCUT2D eigenvalue weighted by atomic mass is 32.1. The number of hydrogen-bond acceptors (Lipinski definition) is 6. The monoisotopic (exact) mass is 388 g/mol. The summed E-state index contributed by atoms with van der Waals surface area (Å²) in [6, 6.07) is 10.6. The minimum atomic E-state index is -0.388. The number of nitro groups is 1. The van der Waals surface area contributed by atoms with Gasteiger partial charge in [-0.15, -0.1) is 11.3 Å². The van der Waals surface area contributed by atoms with Crippen LogP contribution in [0.5, 0.6) is 0 Å². The Labute approximate surface area is 162 Å². The molecule has 0 unspecified atom stereocenters. The van der Waals surface area contributed by atoms with Crippen LogP contribution in [0.4, 0.5) is 11.4 Å². The van der Waals surface area contributed by atoms with Crippen LogP contribution in [0.15, 0.2) is 41.8 Å². The van der Waals surface area contributed by atoms with Crippen molar-refractivity contribution in [2.75, 3.05) is 37.6 Å². The topological polar surface area (TPSA) is 78.7 Å². The summed E-state index contributed by atoms with van der Waals surface area (Å²) in [5.41, 5.74) is 1.08. The normalized spacial score (nSPS) is 16.1. The number of hydrogen-bond donors (Lipinski definition) is 1. The molecule has 0 saturated carbocycles. The molecular weight excluding hydrogens is 364 g/mol. The predicted molar refractivity (Wildman–Crippen MR) is 107 cm³/mol. The molecule has 1 fully saturated rings. The van der Waals surface area contributed by atoms with Crippen molar-refractivity contribution >= 4 is 28.6 Å². The number of rotatable bonds is 7. The molecule has 2 heterocycles. The van der Waals surface area contributed by atoms with Crippen LogP contribution in [-0.4, -0.2) is 54.5 Å². The van der Waals surface area contributed by atoms with Gasteiger partial charge in [-0.05, 0) is 36.9 Å². The molecule has 0 aliphatic carbocycles. The van der Waals surface area contributed by atoms with Gasteiger partial charge in [0.15, 0.2) is 0 Å². The number of anilines is 1. The smallest absolute Gasteiger partial charge is 0.269 e. The second-order valence-corrected chi connectivity index (χ2v) is 7.63. The van der Waals surface area contributed by atoms with Crippen LogP contribution in [0.25, 0.3) is 0 Å². The number of amides is 1. The second kappa shape index (κ2) is 8.96. The minimum Gasteiger partial charge on any atom is -0.369 e. The van der Waals surface area contributed by atoms with Gasteiger partial charge in [-0.1, -0.05) is 6.07 Å². The van der Waals surface area contributed by atoms with Crippen molar-refractivity contribution < 1.29 is 9.72 Å². The molecule has 1 N–H and O–H groups in total. The van der Waals surface area contributed by atoms with Crippen LogP contribution >= 0.6 is 11.3 Å². The Hall–Kier alpha value is -2.45. The number of benzene rings is 1. The van der Waals surface area contributed by atoms with Gasteiger partial charge in [0.1, 0.15) is 0 Å². The van der Waals surface area contributed by atoms with Gasteiger partial charge in [0.25, 0.3) is 5.69 Å². The zero-order valence-electron chi connectivity index (χ0n) is 15.3. The van der Waals surface area contributed by atoms with Crippen LogP contribution in [0, 0.1) is 10.1 Å². The Balaban J connectivity index is 1.44. The molecule has 0 spiro atoms. The molecule has 27 heavy (non-hydrogen) atoms. The van der Waals surface area contributed by atoms with Crippen molar-refractivity contribution in [2.45, 2.75) is 19.4 Å². The standard InChI is InChI=1S/C19H24N4O3S/c1-15(19(24)20-9-8-18-3-2-14-27-18)21-10-12-22(13-11-21)16-4-6-17(7-5-16)23(25)26/h2-7,14-15H,8-13H2,1H3,(H,20,24)/t15-/m0/s1. The first-order valence-corrected chi connectivity index (χ1v) is 9.96. The molecular formula is C19H24N4O3S. The third-order valence-electron chi connectivity index (χ3n) is 4.92. The average molecular weight is 388 g/mol. The van der Waals surface area contributed by atoms with E-state index in [2.05, 4.69) is 21.2 Å². The van der Waals surface area contributed by atoms with Crippen LogP contribution in [0.2, 0.25) is 0 Å². The summed E-state index contributed by atoms with van der Waals surface area (Å²) in [6.07, 6.45) is 0.865. The molecule has 0 radical (unpaired) electrons. The number of nitrogens with one attached hydrogen (secondary N) is 1. The van der Waals surface area contributed by atoms with E-state index >= 15 is 0 Å². The Morgan fingerprint density at radius 1 is 1.22 bits per heavy atom. The zero-order chi connectivity index (χ0) is 19.2. The van der Waals surface area contributed by atoms with E-state index in [1.807, 2.05) is 18.4 Å². The van der Waals surface area contributed by atoms with E-state index in [9.17, 15) is 14.9 Å². The van der Waals surface area contributed by atoms with Gasteiger partial charge in [-0.25, -0.2) is 0 Å². The Morgan fingerprint density at radius 2 is 1.93 bits per heavy atom. The molecule has 2 aromatic rings. The van der Waals surface area contributed by atoms with E-state index < -0.39 is 0 Å². The van der Waals surface area contributed by atoms with E-state index in [-0.39, 0.29) is 22.6 Å². The van der Waals surface area contributed by atoms with Crippen molar-refractivity contribution in [3.05, 3.63) is 56.8 Å². The number of nitrogens with zero attached hydrogens (tertiary/aromatic N) is 3. The molecule has 144 valence electrons. The SMILES string of the molecule is C[C@@H](C(=O)NCCc1cccs1)N1CCN(c2ccc([N+](=O)[O-])cc2)CC1. The minimum absolute atomic E-state index is 0.0651. The van der Waals surface area contributed by atoms with Crippen molar-refractivity contribution in [3.8, 4) is 0 Å². The maximum Gasteiger partial charge on any atom is 0.269 e. The third-order valence-corrected chi connectivity index (χ3v) is 5.85. The largest absolute Gasteiger partial charge is 0.369 e. The van der Waals surface area contributed by atoms with Gasteiger partial charge in [0.05, 0.1) is 11.0 Å². The first-order chi connectivity index (χ1) is 13.0. The molecule has 1 aromatic heterocycles. The first kappa shape index (κ1) is 19.3. The Morgan fingerprint density at radius 3 is 2.52 bits per heavy atom. The van der Waals surface area contributed by atoms with Gasteiger partial charge < -0.3 is 10.2 Å². The van der Waals surface area contributed by atoms with Gasteiger partial charge in [-0.3, -0.25) is 19.8 Å². The second-order valence-electron chi connectivity index (χ2n) is 6.59. The number of piperazine rings is 1. The van der Waals surface area contributed by atoms with Gasteiger partial charge in [-0.2, -0.15) is 0 Å². The molecule has 1 aliphatic rings. The molecule has 7 nitrogen and oxygen atoms in total. The lowest BCUT2D eigenvalue weighted by atomic mass is 10.2. The molecule has 1 aromatic carbocycles. The van der Waals surface area contributed by atoms with Crippen LogP contribution in [-0.2, 0) is 11.2 Å². The molecule has 1 atom stereocenters. The summed E-state index contributed by atoms with van der Waals surface area (Å²) < 4.78 is 0. The van der Waals surface area contributed by atoms with Crippen LogP contribution < -0.4 is 10.2 Å². The molecule has 1 amide bonds. The summed E-state index contributed by atoms with van der Waals surface area (Å²) in [4.78, 5) is 28.4. The van der Waals surface area contributed by atoms with Gasteiger partial charge in [0.2, 0.25) is 5.91 Å². The van der Waals surface area contributed by atoms with E-state index in [1.54, 1.807) is 23.5 Å². The average Bonchev–Trinajstić information content (AvgIpc) is 3.21. The zero-order valence-corrected chi connectivity index (χ0v) is 16.2. The number of nitro benzene ring substituents is 1. The lowest BCUT2D eigenvalue weighted by Crippen LogP contribution is -2.54. The van der Waals surface area contributed by atoms with Crippen molar-refractivity contribution in [3.63, 3.8) is 0 Å². The van der Waals surface area contributed by atoms with Gasteiger partial charge in [0, 0.05) is 55.4 Å². The lowest BCUT2D eigenvalue weighted by Gasteiger charge is -2.38. The van der Waals surface area contributed by atoms with Crippen molar-refractivity contribution in [1.29, 1.82) is 0 Å². The predicted octanol–water partition coefficient (Wildman–Crippen LogP) is 2.53. The highest BCUT2D eigenvalue weighted by Crippen LogP contribution is 2.21. The molecule has 8 heteroatoms. The van der Waals surface area contributed by atoms with E-state index in [4.69, 9.17) is 0 Å². The highest BCUT2D eigenvalue weighted by molar-refractivity contribution is 7.09. The van der Waals surface area contributed by atoms with Crippen LogP contribution in [0.1, 0.15) is 11.8 Å². The summed E-state index contributed by atoms with van der Waals surface area (Å²) in [7, 11) is 0. The molecule has 1 saturated heterocycles. The third kappa shape index (κ3) is 5.05. The number of carbonyl (C=O) groups is 1. The Kier molecular flexibility index (Phi) is 6.41. The number of thiophene rings is 1. The molecule has 3 rings (SSSR count). The summed E-state index contributed by atoms with van der Waals surface area (Å²) in [6.45, 7) is 5.77. The van der Waals surface area contributed by atoms with E-state index in [0.717, 1.165) is 38.3 Å². The number of carbonyl (C=O) groups excluding carboxylic acids is 1. The van der Waals surface area contributed by atoms with Gasteiger partial charge >= 0.3 is 0 Å². The fourth-order valence-electron chi connectivity index (χ4n) is 3.23. The highest BCUT2D eigenvalue weighted by Gasteiger charge is 2.25. The molecule has 0 bridgehead atoms. The fraction of sp³-hybridized carbons (Fsp3) is 0.421. The van der Waals surface area contributed by atoms with Crippen LogP contribution in [0.3, 0.4) is 0 Å². The fourth-order valence-corrected chi connectivity index (χ4v) is 3.94. The maximum absolute atomic E-state index is 12.4. The summed E-state index contributed by atoms with van der Waals surface area (Å²) >= 11 is 1.71. The quantitative estimate of drug-likeness (QED) is 0.582. The summed E-state index contributed by atoms with van der Waals surface area (Å²) in [5.74, 6) is 0.0651. The number of non-ortho nitro benzene ring substituents is 1. The first-order valence-electron chi connectivity index (χ1n) is 9.08. The van der Waals surface area contributed by atoms with E-state index in [0.29, 0.717) is 6.54 Å². The summed E-state index contributed by atoms with van der Waals surface area (Å²) in [5, 5.41) is 15.8. The molecule has 1 aliphatic heterocycles.